The van der Waals surface area contributed by atoms with Crippen LogP contribution in [0.1, 0.15) is 149 Å². The van der Waals surface area contributed by atoms with Crippen molar-refractivity contribution in [2.75, 3.05) is 13.2 Å². The maximum atomic E-state index is 12.5. The second-order valence-electron chi connectivity index (χ2n) is 11.3. The highest BCUT2D eigenvalue weighted by Gasteiger charge is 2.18. The van der Waals surface area contributed by atoms with Crippen LogP contribution in [0.3, 0.4) is 0 Å². The third-order valence-electron chi connectivity index (χ3n) is 7.25. The molecular weight excluding hydrogens is 536 g/mol. The number of carbonyl (C=O) groups is 4. The highest BCUT2D eigenvalue weighted by molar-refractivity contribution is 5.87. The lowest BCUT2D eigenvalue weighted by molar-refractivity contribution is -0.147. The molecule has 244 valence electrons. The van der Waals surface area contributed by atoms with Gasteiger partial charge in [-0.25, -0.2) is 4.79 Å². The molecule has 0 heterocycles. The van der Waals surface area contributed by atoms with Crippen LogP contribution in [0.2, 0.25) is 0 Å². The van der Waals surface area contributed by atoms with Crippen molar-refractivity contribution < 1.29 is 34.1 Å². The Bertz CT molecular complexity index is 742. The summed E-state index contributed by atoms with van der Waals surface area (Å²) in [6, 6.07) is -1.39. The minimum Gasteiger partial charge on any atom is -0.480 e. The molecular formula is C33H60N2O7. The summed E-state index contributed by atoms with van der Waals surface area (Å²) < 4.78 is 5.82. The first-order chi connectivity index (χ1) is 20.3. The van der Waals surface area contributed by atoms with Crippen LogP contribution in [0.4, 0.5) is 0 Å². The van der Waals surface area contributed by atoms with Gasteiger partial charge in [0.1, 0.15) is 12.1 Å². The van der Waals surface area contributed by atoms with Crippen molar-refractivity contribution in [3.05, 3.63) is 12.2 Å². The second-order valence-corrected chi connectivity index (χ2v) is 11.3. The largest absolute Gasteiger partial charge is 0.480 e. The van der Waals surface area contributed by atoms with Crippen molar-refractivity contribution in [1.29, 1.82) is 0 Å². The Kier molecular flexibility index (Phi) is 27.0. The van der Waals surface area contributed by atoms with Crippen LogP contribution in [-0.2, 0) is 23.9 Å². The molecule has 0 spiro atoms. The number of carboxylic acid groups (broad SMARTS) is 1. The third-order valence-corrected chi connectivity index (χ3v) is 7.25. The molecule has 0 rings (SSSR count). The zero-order chi connectivity index (χ0) is 31.3. The summed E-state index contributed by atoms with van der Waals surface area (Å²) >= 11 is 0. The van der Waals surface area contributed by atoms with E-state index in [1.165, 1.54) is 64.2 Å². The molecule has 0 aromatic rings. The summed E-state index contributed by atoms with van der Waals surface area (Å²) in [7, 11) is 0. The number of hydrogen-bond acceptors (Lipinski definition) is 6. The number of nitrogens with one attached hydrogen (secondary N) is 2. The van der Waals surface area contributed by atoms with Crippen LogP contribution in [0, 0.1) is 0 Å². The van der Waals surface area contributed by atoms with Gasteiger partial charge < -0.3 is 25.6 Å². The van der Waals surface area contributed by atoms with E-state index in [9.17, 15) is 19.2 Å². The number of esters is 1. The minimum atomic E-state index is -1.39. The van der Waals surface area contributed by atoms with Gasteiger partial charge in [0.2, 0.25) is 11.8 Å². The first-order valence-corrected chi connectivity index (χ1v) is 16.6. The van der Waals surface area contributed by atoms with Crippen LogP contribution in [0.5, 0.6) is 0 Å². The van der Waals surface area contributed by atoms with E-state index in [0.717, 1.165) is 51.4 Å². The van der Waals surface area contributed by atoms with Crippen LogP contribution in [0.25, 0.3) is 0 Å². The molecule has 9 heteroatoms. The molecule has 9 nitrogen and oxygen atoms in total. The van der Waals surface area contributed by atoms with Gasteiger partial charge in [0.15, 0.2) is 0 Å². The molecule has 42 heavy (non-hydrogen) atoms. The lowest BCUT2D eigenvalue weighted by Crippen LogP contribution is -2.47. The van der Waals surface area contributed by atoms with Crippen molar-refractivity contribution >= 4 is 23.8 Å². The zero-order valence-electron chi connectivity index (χ0n) is 26.5. The maximum absolute atomic E-state index is 12.5. The van der Waals surface area contributed by atoms with E-state index in [-0.39, 0.29) is 30.9 Å². The highest BCUT2D eigenvalue weighted by Crippen LogP contribution is 2.15. The fourth-order valence-electron chi connectivity index (χ4n) is 4.62. The third kappa shape index (κ3) is 25.3. The van der Waals surface area contributed by atoms with Gasteiger partial charge in [-0.05, 0) is 44.6 Å². The normalized spacial score (nSPS) is 12.6. The number of unbranched alkanes of at least 4 members (excludes halogenated alkanes) is 15. The van der Waals surface area contributed by atoms with Gasteiger partial charge in [-0.15, -0.1) is 0 Å². The highest BCUT2D eigenvalue weighted by atomic mass is 16.5. The average molecular weight is 597 g/mol. The van der Waals surface area contributed by atoms with Crippen LogP contribution >= 0.6 is 0 Å². The number of carboxylic acids is 1. The van der Waals surface area contributed by atoms with Crippen LogP contribution in [0.15, 0.2) is 12.2 Å². The van der Waals surface area contributed by atoms with Gasteiger partial charge in [-0.2, -0.15) is 0 Å². The summed E-state index contributed by atoms with van der Waals surface area (Å²) in [5.41, 5.74) is 0. The molecule has 0 fully saturated rings. The number of aliphatic carboxylic acids is 1. The van der Waals surface area contributed by atoms with Crippen molar-refractivity contribution in [2.24, 2.45) is 0 Å². The van der Waals surface area contributed by atoms with E-state index in [2.05, 4.69) is 30.6 Å². The number of rotatable bonds is 29. The summed E-state index contributed by atoms with van der Waals surface area (Å²) in [5.74, 6) is -2.40. The minimum absolute atomic E-state index is 0.118. The molecule has 2 atom stereocenters. The van der Waals surface area contributed by atoms with E-state index in [1.54, 1.807) is 0 Å². The van der Waals surface area contributed by atoms with Crippen molar-refractivity contribution in [2.45, 2.75) is 161 Å². The first kappa shape index (κ1) is 39.6. The number of amides is 2. The average Bonchev–Trinajstić information content (AvgIpc) is 2.97. The lowest BCUT2D eigenvalue weighted by Gasteiger charge is -2.15. The Morgan fingerprint density at radius 2 is 1.26 bits per heavy atom. The molecule has 2 unspecified atom stereocenters. The Morgan fingerprint density at radius 3 is 1.86 bits per heavy atom. The van der Waals surface area contributed by atoms with Crippen molar-refractivity contribution in [3.63, 3.8) is 0 Å². The molecule has 4 N–H and O–H groups in total. The van der Waals surface area contributed by atoms with E-state index >= 15 is 0 Å². The van der Waals surface area contributed by atoms with Crippen molar-refractivity contribution in [3.8, 4) is 0 Å². The molecule has 0 aliphatic carbocycles. The van der Waals surface area contributed by atoms with E-state index in [4.69, 9.17) is 14.9 Å². The Hall–Kier alpha value is -2.42. The monoisotopic (exact) mass is 596 g/mol. The van der Waals surface area contributed by atoms with Crippen LogP contribution in [-0.4, -0.2) is 59.3 Å². The number of carbonyl (C=O) groups excluding carboxylic acids is 3. The smallest absolute Gasteiger partial charge is 0.328 e. The topological polar surface area (TPSA) is 142 Å². The molecule has 0 bridgehead atoms. The Morgan fingerprint density at radius 1 is 0.714 bits per heavy atom. The Balaban J connectivity index is 4.26. The second kappa shape index (κ2) is 28.7. The van der Waals surface area contributed by atoms with E-state index in [1.807, 2.05) is 6.08 Å². The maximum Gasteiger partial charge on any atom is 0.328 e. The molecule has 0 aliphatic heterocycles. The summed E-state index contributed by atoms with van der Waals surface area (Å²) in [4.78, 5) is 47.0. The van der Waals surface area contributed by atoms with Gasteiger partial charge in [0.25, 0.3) is 0 Å². The quantitative estimate of drug-likeness (QED) is 0.0447. The van der Waals surface area contributed by atoms with E-state index in [0.29, 0.717) is 12.8 Å². The first-order valence-electron chi connectivity index (χ1n) is 16.6. The van der Waals surface area contributed by atoms with Gasteiger partial charge in [-0.3, -0.25) is 14.4 Å². The summed E-state index contributed by atoms with van der Waals surface area (Å²) in [5, 5.41) is 22.4. The number of aliphatic hydroxyl groups excluding tert-OH is 1. The lowest BCUT2D eigenvalue weighted by atomic mass is 10.1. The summed E-state index contributed by atoms with van der Waals surface area (Å²) in [6.45, 7) is 3.38. The van der Waals surface area contributed by atoms with Crippen molar-refractivity contribution in [1.82, 2.24) is 10.6 Å². The molecule has 0 saturated heterocycles. The van der Waals surface area contributed by atoms with Gasteiger partial charge >= 0.3 is 11.9 Å². The number of ether oxygens (including phenoxy) is 1. The standard InChI is InChI=1S/C33H60N2O7/c1-3-5-7-9-11-12-13-15-21-25-32(39)42-28(22-18-14-10-8-6-4-2)23-19-16-17-20-24-30(37)34-26-31(38)35-29(27-36)33(40)41/h18,22,28-29,36H,3-17,19-21,23-27H2,1-2H3,(H,34,37)(H,35,38)(H,40,41)/b22-18-. The van der Waals surface area contributed by atoms with Crippen LogP contribution < -0.4 is 10.6 Å². The number of hydrogen-bond donors (Lipinski definition) is 4. The number of aliphatic hydroxyl groups is 1. The zero-order valence-corrected chi connectivity index (χ0v) is 26.5. The predicted molar refractivity (Wildman–Crippen MR) is 167 cm³/mol. The SMILES string of the molecule is CCCCCC/C=C\C(CCCCCCC(=O)NCC(=O)NC(CO)C(=O)O)OC(=O)CCCCCCCCCCC. The number of allylic oxidation sites excluding steroid dienone is 1. The fraction of sp³-hybridized carbons (Fsp3) is 0.818. The molecule has 0 aliphatic rings. The fourth-order valence-corrected chi connectivity index (χ4v) is 4.62. The molecule has 0 radical (unpaired) electrons. The molecule has 0 aromatic heterocycles. The van der Waals surface area contributed by atoms with Gasteiger partial charge in [0, 0.05) is 12.8 Å². The molecule has 0 aromatic carbocycles. The summed E-state index contributed by atoms with van der Waals surface area (Å²) in [6.07, 6.45) is 25.5. The van der Waals surface area contributed by atoms with Gasteiger partial charge in [-0.1, -0.05) is 103 Å². The van der Waals surface area contributed by atoms with E-state index < -0.39 is 24.5 Å². The molecule has 2 amide bonds. The molecule has 0 saturated carbocycles. The predicted octanol–water partition coefficient (Wildman–Crippen LogP) is 6.36. The van der Waals surface area contributed by atoms with Gasteiger partial charge in [0.05, 0.1) is 13.2 Å². The Labute approximate surface area is 254 Å².